The summed E-state index contributed by atoms with van der Waals surface area (Å²) >= 11 is 6.11. The summed E-state index contributed by atoms with van der Waals surface area (Å²) in [6, 6.07) is 14.5. The number of likely N-dealkylation sites (N-methyl/N-ethyl adjacent to an activating group) is 1. The van der Waals surface area contributed by atoms with Gasteiger partial charge in [0, 0.05) is 12.6 Å². The molecule has 0 fully saturated rings. The van der Waals surface area contributed by atoms with Crippen molar-refractivity contribution in [3.05, 3.63) is 77.0 Å². The highest BCUT2D eigenvalue weighted by Gasteiger charge is 2.33. The van der Waals surface area contributed by atoms with E-state index in [2.05, 4.69) is 5.32 Å². The third-order valence-corrected chi connectivity index (χ3v) is 4.52. The van der Waals surface area contributed by atoms with Crippen molar-refractivity contribution in [1.29, 1.82) is 0 Å². The number of halogens is 4. The Labute approximate surface area is 175 Å². The van der Waals surface area contributed by atoms with Gasteiger partial charge >= 0.3 is 6.18 Å². The highest BCUT2D eigenvalue weighted by molar-refractivity contribution is 6.33. The molecule has 0 aliphatic heterocycles. The third-order valence-electron chi connectivity index (χ3n) is 4.19. The lowest BCUT2D eigenvalue weighted by molar-refractivity contribution is -0.137. The van der Waals surface area contributed by atoms with Crippen LogP contribution in [0.5, 0.6) is 0 Å². The first kappa shape index (κ1) is 21.4. The van der Waals surface area contributed by atoms with Gasteiger partial charge in [-0.15, -0.1) is 0 Å². The summed E-state index contributed by atoms with van der Waals surface area (Å²) in [7, 11) is 1.34. The van der Waals surface area contributed by atoms with Crippen molar-refractivity contribution < 1.29 is 27.2 Å². The molecule has 0 aliphatic carbocycles. The van der Waals surface area contributed by atoms with E-state index in [4.69, 9.17) is 16.0 Å². The molecule has 1 aromatic heterocycles. The summed E-state index contributed by atoms with van der Waals surface area (Å²) in [4.78, 5) is 25.8. The molecular formula is C21H16ClF3N2O3. The second-order valence-electron chi connectivity index (χ2n) is 6.40. The van der Waals surface area contributed by atoms with Crippen LogP contribution in [0.15, 0.2) is 65.1 Å². The topological polar surface area (TPSA) is 62.6 Å². The molecule has 2 amide bonds. The van der Waals surface area contributed by atoms with Crippen molar-refractivity contribution >= 4 is 29.1 Å². The molecule has 0 saturated heterocycles. The maximum atomic E-state index is 13.0. The smallest absolute Gasteiger partial charge is 0.418 e. The Bertz CT molecular complexity index is 1080. The number of carbonyl (C=O) groups excluding carboxylic acids is 2. The maximum absolute atomic E-state index is 13.0. The monoisotopic (exact) mass is 436 g/mol. The van der Waals surface area contributed by atoms with Crippen molar-refractivity contribution in [3.63, 3.8) is 0 Å². The SMILES string of the molecule is CN(CC(=O)Nc1ccccc1C(F)(F)F)C(=O)c1ccc(-c2ccccc2Cl)o1. The molecular weight excluding hydrogens is 421 g/mol. The van der Waals surface area contributed by atoms with Crippen molar-refractivity contribution in [2.45, 2.75) is 6.18 Å². The van der Waals surface area contributed by atoms with Gasteiger partial charge in [-0.2, -0.15) is 13.2 Å². The zero-order chi connectivity index (χ0) is 21.9. The number of alkyl halides is 3. The lowest BCUT2D eigenvalue weighted by Gasteiger charge is -2.17. The molecule has 0 unspecified atom stereocenters. The van der Waals surface area contributed by atoms with E-state index in [0.717, 1.165) is 17.0 Å². The number of hydrogen-bond acceptors (Lipinski definition) is 3. The molecule has 2 aromatic carbocycles. The van der Waals surface area contributed by atoms with E-state index in [0.29, 0.717) is 16.3 Å². The van der Waals surface area contributed by atoms with Crippen LogP contribution in [-0.2, 0) is 11.0 Å². The highest BCUT2D eigenvalue weighted by Crippen LogP contribution is 2.34. The van der Waals surface area contributed by atoms with Crippen molar-refractivity contribution in [1.82, 2.24) is 4.90 Å². The number of amides is 2. The molecule has 9 heteroatoms. The summed E-state index contributed by atoms with van der Waals surface area (Å²) in [6.45, 7) is -0.465. The quantitative estimate of drug-likeness (QED) is 0.588. The van der Waals surface area contributed by atoms with Gasteiger partial charge in [-0.25, -0.2) is 0 Å². The minimum Gasteiger partial charge on any atom is -0.451 e. The summed E-state index contributed by atoms with van der Waals surface area (Å²) in [5.41, 5.74) is -0.750. The second-order valence-corrected chi connectivity index (χ2v) is 6.80. The van der Waals surface area contributed by atoms with Gasteiger partial charge in [0.15, 0.2) is 5.76 Å². The predicted molar refractivity (Wildman–Crippen MR) is 106 cm³/mol. The molecule has 0 atom stereocenters. The summed E-state index contributed by atoms with van der Waals surface area (Å²) in [5, 5.41) is 2.64. The van der Waals surface area contributed by atoms with E-state index in [-0.39, 0.29) is 11.4 Å². The average molecular weight is 437 g/mol. The highest BCUT2D eigenvalue weighted by atomic mass is 35.5. The first-order valence-corrected chi connectivity index (χ1v) is 9.11. The van der Waals surface area contributed by atoms with Gasteiger partial charge in [0.2, 0.25) is 5.91 Å². The molecule has 0 spiro atoms. The van der Waals surface area contributed by atoms with Gasteiger partial charge in [0.1, 0.15) is 5.76 Å². The van der Waals surface area contributed by atoms with Crippen LogP contribution in [0.3, 0.4) is 0 Å². The van der Waals surface area contributed by atoms with E-state index >= 15 is 0 Å². The number of nitrogens with one attached hydrogen (secondary N) is 1. The molecule has 5 nitrogen and oxygen atoms in total. The van der Waals surface area contributed by atoms with E-state index in [1.165, 1.54) is 25.2 Å². The third kappa shape index (κ3) is 4.83. The zero-order valence-corrected chi connectivity index (χ0v) is 16.4. The number of rotatable bonds is 5. The average Bonchev–Trinajstić information content (AvgIpc) is 3.17. The number of para-hydroxylation sites is 1. The maximum Gasteiger partial charge on any atom is 0.418 e. The first-order valence-electron chi connectivity index (χ1n) is 8.73. The van der Waals surface area contributed by atoms with Gasteiger partial charge in [-0.3, -0.25) is 9.59 Å². The normalized spacial score (nSPS) is 11.2. The number of benzene rings is 2. The van der Waals surface area contributed by atoms with E-state index in [1.54, 1.807) is 30.3 Å². The molecule has 3 rings (SSSR count). The Morgan fingerprint density at radius 3 is 2.40 bits per heavy atom. The van der Waals surface area contributed by atoms with Crippen molar-refractivity contribution in [2.75, 3.05) is 18.9 Å². The fourth-order valence-corrected chi connectivity index (χ4v) is 2.99. The van der Waals surface area contributed by atoms with Gasteiger partial charge in [-0.1, -0.05) is 35.9 Å². The van der Waals surface area contributed by atoms with E-state index in [1.807, 2.05) is 0 Å². The van der Waals surface area contributed by atoms with Crippen molar-refractivity contribution in [3.8, 4) is 11.3 Å². The molecule has 1 heterocycles. The van der Waals surface area contributed by atoms with Gasteiger partial charge in [0.25, 0.3) is 5.91 Å². The Morgan fingerprint density at radius 1 is 1.03 bits per heavy atom. The van der Waals surface area contributed by atoms with Crippen LogP contribution in [0.2, 0.25) is 5.02 Å². The predicted octanol–water partition coefficient (Wildman–Crippen LogP) is 5.33. The van der Waals surface area contributed by atoms with Crippen LogP contribution in [0, 0.1) is 0 Å². The summed E-state index contributed by atoms with van der Waals surface area (Å²) in [6.07, 6.45) is -4.62. The van der Waals surface area contributed by atoms with Crippen LogP contribution in [0.25, 0.3) is 11.3 Å². The molecule has 156 valence electrons. The van der Waals surface area contributed by atoms with E-state index in [9.17, 15) is 22.8 Å². The molecule has 0 radical (unpaired) electrons. The lowest BCUT2D eigenvalue weighted by atomic mass is 10.1. The largest absolute Gasteiger partial charge is 0.451 e. The standard InChI is InChI=1S/C21H16ClF3N2O3/c1-27(12-19(28)26-16-9-5-3-7-14(16)21(23,24)25)20(29)18-11-10-17(30-18)13-6-2-4-8-15(13)22/h2-11H,12H2,1H3,(H,26,28). The number of nitrogens with zero attached hydrogens (tertiary/aromatic N) is 1. The minimum atomic E-state index is -4.62. The fraction of sp³-hybridized carbons (Fsp3) is 0.143. The first-order chi connectivity index (χ1) is 14.2. The Hall–Kier alpha value is -3.26. The van der Waals surface area contributed by atoms with Crippen LogP contribution >= 0.6 is 11.6 Å². The van der Waals surface area contributed by atoms with Crippen LogP contribution in [0.1, 0.15) is 16.1 Å². The molecule has 3 aromatic rings. The van der Waals surface area contributed by atoms with Crippen LogP contribution < -0.4 is 5.32 Å². The zero-order valence-electron chi connectivity index (χ0n) is 15.7. The molecule has 30 heavy (non-hydrogen) atoms. The minimum absolute atomic E-state index is 0.0316. The number of furan rings is 1. The number of carbonyl (C=O) groups is 2. The molecule has 0 saturated carbocycles. The Morgan fingerprint density at radius 2 is 1.70 bits per heavy atom. The van der Waals surface area contributed by atoms with Gasteiger partial charge < -0.3 is 14.6 Å². The Balaban J connectivity index is 1.68. The second kappa shape index (κ2) is 8.62. The Kier molecular flexibility index (Phi) is 6.17. The molecule has 0 aliphatic rings. The number of hydrogen-bond donors (Lipinski definition) is 1. The summed E-state index contributed by atoms with van der Waals surface area (Å²) in [5.74, 6) is -1.04. The van der Waals surface area contributed by atoms with Crippen LogP contribution in [-0.4, -0.2) is 30.3 Å². The molecule has 0 bridgehead atoms. The lowest BCUT2D eigenvalue weighted by Crippen LogP contribution is -2.35. The van der Waals surface area contributed by atoms with Crippen molar-refractivity contribution in [2.24, 2.45) is 0 Å². The van der Waals surface area contributed by atoms with Crippen LogP contribution in [0.4, 0.5) is 18.9 Å². The van der Waals surface area contributed by atoms with E-state index < -0.39 is 30.1 Å². The summed E-state index contributed by atoms with van der Waals surface area (Å²) < 4.78 is 44.7. The van der Waals surface area contributed by atoms with Gasteiger partial charge in [0.05, 0.1) is 22.8 Å². The fourth-order valence-electron chi connectivity index (χ4n) is 2.76. The number of anilines is 1. The van der Waals surface area contributed by atoms with Gasteiger partial charge in [-0.05, 0) is 36.4 Å². The molecule has 1 N–H and O–H groups in total.